The smallest absolute Gasteiger partial charge is 0.227 e. The van der Waals surface area contributed by atoms with Crippen LogP contribution in [-0.4, -0.2) is 14.1 Å². The van der Waals surface area contributed by atoms with E-state index in [0.717, 1.165) is 66.4 Å². The van der Waals surface area contributed by atoms with E-state index in [0.29, 0.717) is 5.89 Å². The molecule has 0 aliphatic heterocycles. The standard InChI is InChI=1S/C47H27N3O2/c1-2-13-30(14-3-1)49-37-19-9-6-16-32(37)33-23-24-39-44(45(33)49)34-17-7-10-20-38(34)50(39)40-27-29(47-48-36-18-8-11-21-41(36)52-47)26-35-43-31-15-5-4-12-28(31)22-25-42(43)51-46(35)40/h1-27H. The van der Waals surface area contributed by atoms with Gasteiger partial charge in [0, 0.05) is 43.6 Å². The molecule has 52 heavy (non-hydrogen) atoms. The predicted octanol–water partition coefficient (Wildman–Crippen LogP) is 12.7. The van der Waals surface area contributed by atoms with E-state index in [2.05, 4.69) is 149 Å². The number of nitrogens with zero attached hydrogens (tertiary/aromatic N) is 3. The number of oxazole rings is 1. The Balaban J connectivity index is 1.27. The van der Waals surface area contributed by atoms with Crippen LogP contribution in [0.2, 0.25) is 0 Å². The van der Waals surface area contributed by atoms with E-state index in [4.69, 9.17) is 13.8 Å². The molecule has 0 radical (unpaired) electrons. The Morgan fingerprint density at radius 1 is 0.442 bits per heavy atom. The molecule has 0 amide bonds. The van der Waals surface area contributed by atoms with Crippen LogP contribution in [0.1, 0.15) is 0 Å². The molecule has 0 unspecified atom stereocenters. The average Bonchev–Trinajstić information content (AvgIpc) is 3.97. The van der Waals surface area contributed by atoms with Gasteiger partial charge in [0.15, 0.2) is 11.2 Å². The number of benzene rings is 8. The zero-order valence-electron chi connectivity index (χ0n) is 27.7. The molecule has 0 saturated carbocycles. The Hall–Kier alpha value is -7.11. The lowest BCUT2D eigenvalue weighted by molar-refractivity contribution is 0.620. The number of rotatable bonds is 3. The van der Waals surface area contributed by atoms with Crippen molar-refractivity contribution < 1.29 is 8.83 Å². The van der Waals surface area contributed by atoms with Gasteiger partial charge in [-0.1, -0.05) is 103 Å². The highest BCUT2D eigenvalue weighted by atomic mass is 16.3. The van der Waals surface area contributed by atoms with Crippen LogP contribution < -0.4 is 0 Å². The second-order valence-electron chi connectivity index (χ2n) is 13.5. The van der Waals surface area contributed by atoms with Crippen molar-refractivity contribution in [2.24, 2.45) is 0 Å². The van der Waals surface area contributed by atoms with Gasteiger partial charge in [-0.25, -0.2) is 4.98 Å². The lowest BCUT2D eigenvalue weighted by Gasteiger charge is -2.11. The summed E-state index contributed by atoms with van der Waals surface area (Å²) in [6.45, 7) is 0. The Kier molecular flexibility index (Phi) is 5.44. The fourth-order valence-corrected chi connectivity index (χ4v) is 8.53. The minimum Gasteiger partial charge on any atom is -0.454 e. The van der Waals surface area contributed by atoms with Gasteiger partial charge in [-0.2, -0.15) is 0 Å². The largest absolute Gasteiger partial charge is 0.454 e. The van der Waals surface area contributed by atoms with Crippen molar-refractivity contribution in [3.8, 4) is 22.8 Å². The molecule has 242 valence electrons. The van der Waals surface area contributed by atoms with E-state index in [1.54, 1.807) is 0 Å². The average molecular weight is 666 g/mol. The van der Waals surface area contributed by atoms with E-state index < -0.39 is 0 Å². The molecule has 0 aliphatic carbocycles. The number of para-hydroxylation sites is 5. The quantitative estimate of drug-likeness (QED) is 0.189. The van der Waals surface area contributed by atoms with Gasteiger partial charge in [0.2, 0.25) is 5.89 Å². The maximum absolute atomic E-state index is 6.91. The molecule has 12 aromatic rings. The van der Waals surface area contributed by atoms with Crippen molar-refractivity contribution >= 4 is 87.4 Å². The summed E-state index contributed by atoms with van der Waals surface area (Å²) in [4.78, 5) is 4.96. The molecular weight excluding hydrogens is 639 g/mol. The zero-order chi connectivity index (χ0) is 33.9. The molecule has 12 rings (SSSR count). The van der Waals surface area contributed by atoms with Gasteiger partial charge in [-0.3, -0.25) is 0 Å². The van der Waals surface area contributed by atoms with E-state index in [-0.39, 0.29) is 0 Å². The number of hydrogen-bond donors (Lipinski definition) is 0. The molecule has 0 fully saturated rings. The van der Waals surface area contributed by atoms with Gasteiger partial charge >= 0.3 is 0 Å². The summed E-state index contributed by atoms with van der Waals surface area (Å²) < 4.78 is 18.1. The third kappa shape index (κ3) is 3.69. The summed E-state index contributed by atoms with van der Waals surface area (Å²) >= 11 is 0. The lowest BCUT2D eigenvalue weighted by Crippen LogP contribution is -1.96. The highest BCUT2D eigenvalue weighted by molar-refractivity contribution is 6.27. The molecule has 0 N–H and O–H groups in total. The van der Waals surface area contributed by atoms with Gasteiger partial charge in [-0.05, 0) is 71.4 Å². The molecule has 8 aromatic carbocycles. The minimum absolute atomic E-state index is 0.575. The molecule has 0 spiro atoms. The molecular formula is C47H27N3O2. The highest BCUT2D eigenvalue weighted by Crippen LogP contribution is 2.45. The Morgan fingerprint density at radius 3 is 2.04 bits per heavy atom. The van der Waals surface area contributed by atoms with Gasteiger partial charge in [0.1, 0.15) is 11.1 Å². The first-order valence-electron chi connectivity index (χ1n) is 17.6. The second-order valence-corrected chi connectivity index (χ2v) is 13.5. The number of fused-ring (bicyclic) bond motifs is 13. The monoisotopic (exact) mass is 665 g/mol. The molecule has 0 bridgehead atoms. The Labute approximate surface area is 296 Å². The SMILES string of the molecule is c1ccc(-n2c3ccccc3c3ccc4c(c5ccccc5n4-c4cc(-c5nc6ccccc6o5)cc5c4oc4ccc6ccccc6c45)c32)cc1. The Morgan fingerprint density at radius 2 is 1.17 bits per heavy atom. The molecule has 4 heterocycles. The summed E-state index contributed by atoms with van der Waals surface area (Å²) in [6.07, 6.45) is 0. The van der Waals surface area contributed by atoms with Gasteiger partial charge in [0.05, 0.1) is 27.8 Å². The zero-order valence-corrected chi connectivity index (χ0v) is 27.7. The fraction of sp³-hybridized carbons (Fsp3) is 0. The molecule has 4 aromatic heterocycles. The summed E-state index contributed by atoms with van der Waals surface area (Å²) in [5.74, 6) is 0.575. The van der Waals surface area contributed by atoms with Gasteiger partial charge < -0.3 is 18.0 Å². The molecule has 5 heteroatoms. The maximum atomic E-state index is 6.91. The first kappa shape index (κ1) is 27.7. The van der Waals surface area contributed by atoms with E-state index in [1.165, 1.54) is 38.0 Å². The fourth-order valence-electron chi connectivity index (χ4n) is 8.53. The summed E-state index contributed by atoms with van der Waals surface area (Å²) in [7, 11) is 0. The van der Waals surface area contributed by atoms with Crippen molar-refractivity contribution in [3.63, 3.8) is 0 Å². The van der Waals surface area contributed by atoms with Gasteiger partial charge in [0.25, 0.3) is 0 Å². The van der Waals surface area contributed by atoms with Crippen molar-refractivity contribution in [2.75, 3.05) is 0 Å². The van der Waals surface area contributed by atoms with Crippen LogP contribution >= 0.6 is 0 Å². The van der Waals surface area contributed by atoms with Crippen LogP contribution in [0.25, 0.3) is 110 Å². The van der Waals surface area contributed by atoms with E-state index >= 15 is 0 Å². The minimum atomic E-state index is 0.575. The summed E-state index contributed by atoms with van der Waals surface area (Å²) in [5, 5.41) is 9.22. The van der Waals surface area contributed by atoms with Crippen LogP contribution in [0.4, 0.5) is 0 Å². The summed E-state index contributed by atoms with van der Waals surface area (Å²) in [6, 6.07) is 57.7. The van der Waals surface area contributed by atoms with Crippen LogP contribution in [0.3, 0.4) is 0 Å². The third-order valence-corrected chi connectivity index (χ3v) is 10.7. The maximum Gasteiger partial charge on any atom is 0.227 e. The molecule has 0 saturated heterocycles. The normalized spacial score (nSPS) is 12.2. The van der Waals surface area contributed by atoms with Crippen LogP contribution in [-0.2, 0) is 0 Å². The van der Waals surface area contributed by atoms with Crippen LogP contribution in [0.5, 0.6) is 0 Å². The molecule has 0 aliphatic rings. The van der Waals surface area contributed by atoms with Crippen LogP contribution in [0.15, 0.2) is 173 Å². The van der Waals surface area contributed by atoms with E-state index in [1.807, 2.05) is 24.3 Å². The summed E-state index contributed by atoms with van der Waals surface area (Å²) in [5.41, 5.74) is 10.7. The highest BCUT2D eigenvalue weighted by Gasteiger charge is 2.24. The van der Waals surface area contributed by atoms with Crippen molar-refractivity contribution in [1.29, 1.82) is 0 Å². The van der Waals surface area contributed by atoms with Crippen molar-refractivity contribution in [2.45, 2.75) is 0 Å². The third-order valence-electron chi connectivity index (χ3n) is 10.7. The number of hydrogen-bond acceptors (Lipinski definition) is 3. The topological polar surface area (TPSA) is 49.0 Å². The van der Waals surface area contributed by atoms with Gasteiger partial charge in [-0.15, -0.1) is 0 Å². The Bertz CT molecular complexity index is 3380. The second kappa shape index (κ2) is 10.2. The lowest BCUT2D eigenvalue weighted by atomic mass is 10.0. The van der Waals surface area contributed by atoms with Crippen molar-refractivity contribution in [1.82, 2.24) is 14.1 Å². The van der Waals surface area contributed by atoms with E-state index in [9.17, 15) is 0 Å². The first-order valence-corrected chi connectivity index (χ1v) is 17.6. The number of furan rings is 1. The first-order chi connectivity index (χ1) is 25.8. The number of aromatic nitrogens is 3. The van der Waals surface area contributed by atoms with Crippen LogP contribution in [0, 0.1) is 0 Å². The molecule has 5 nitrogen and oxygen atoms in total. The van der Waals surface area contributed by atoms with Crippen molar-refractivity contribution in [3.05, 3.63) is 164 Å². The predicted molar refractivity (Wildman–Crippen MR) is 213 cm³/mol. The molecule has 0 atom stereocenters.